The lowest BCUT2D eigenvalue weighted by molar-refractivity contribution is 0.0107. The van der Waals surface area contributed by atoms with Gasteiger partial charge in [-0.15, -0.1) is 0 Å². The normalized spacial score (nSPS) is 14.2. The molecule has 0 heterocycles. The lowest BCUT2D eigenvalue weighted by Gasteiger charge is -2.25. The number of hydrazine groups is 1. The fraction of sp³-hybridized carbons (Fsp3) is 1.00. The van der Waals surface area contributed by atoms with E-state index in [1.807, 2.05) is 6.92 Å². The molecule has 0 spiro atoms. The Balaban J connectivity index is 3.69. The maximum absolute atomic E-state index is 5.48. The van der Waals surface area contributed by atoms with Crippen molar-refractivity contribution in [2.45, 2.75) is 51.7 Å². The number of methoxy groups -OCH3 is 1. The molecule has 0 fully saturated rings. The highest BCUT2D eigenvalue weighted by atomic mass is 16.5. The maximum atomic E-state index is 5.48. The summed E-state index contributed by atoms with van der Waals surface area (Å²) >= 11 is 0. The van der Waals surface area contributed by atoms with Gasteiger partial charge in [-0.25, -0.2) is 0 Å². The highest BCUT2D eigenvalue weighted by molar-refractivity contribution is 4.73. The Hall–Kier alpha value is -0.160. The molecule has 3 N–H and O–H groups in total. The largest absolute Gasteiger partial charge is 0.382 e. The van der Waals surface area contributed by atoms with Crippen molar-refractivity contribution >= 4 is 0 Å². The minimum absolute atomic E-state index is 0.0687. The van der Waals surface area contributed by atoms with Crippen LogP contribution in [0, 0.1) is 0 Å². The van der Waals surface area contributed by atoms with Crippen molar-refractivity contribution in [3.05, 3.63) is 0 Å². The van der Waals surface area contributed by atoms with Crippen molar-refractivity contribution in [3.63, 3.8) is 0 Å². The zero-order chi connectivity index (χ0) is 11.7. The number of rotatable bonds is 9. The Morgan fingerprint density at radius 3 is 2.47 bits per heavy atom. The van der Waals surface area contributed by atoms with Gasteiger partial charge in [0.1, 0.15) is 0 Å². The van der Waals surface area contributed by atoms with E-state index in [1.165, 1.54) is 0 Å². The lowest BCUT2D eigenvalue weighted by Crippen LogP contribution is -2.37. The fourth-order valence-corrected chi connectivity index (χ4v) is 1.30. The summed E-state index contributed by atoms with van der Waals surface area (Å²) in [5.74, 6) is 5.48. The van der Waals surface area contributed by atoms with Gasteiger partial charge in [0.05, 0.1) is 5.60 Å². The van der Waals surface area contributed by atoms with Crippen LogP contribution in [0.15, 0.2) is 0 Å². The lowest BCUT2D eigenvalue weighted by atomic mass is 9.98. The van der Waals surface area contributed by atoms with Gasteiger partial charge in [0.2, 0.25) is 0 Å². The summed E-state index contributed by atoms with van der Waals surface area (Å²) in [6.45, 7) is 7.70. The van der Waals surface area contributed by atoms with Crippen LogP contribution in [0.25, 0.3) is 0 Å². The van der Waals surface area contributed by atoms with Gasteiger partial charge in [-0.3, -0.25) is 11.3 Å². The molecule has 15 heavy (non-hydrogen) atoms. The van der Waals surface area contributed by atoms with Gasteiger partial charge < -0.3 is 9.47 Å². The van der Waals surface area contributed by atoms with Gasteiger partial charge in [0.25, 0.3) is 0 Å². The molecule has 0 rings (SSSR count). The second-order valence-corrected chi connectivity index (χ2v) is 4.35. The van der Waals surface area contributed by atoms with Crippen molar-refractivity contribution in [3.8, 4) is 0 Å². The molecular formula is C11H26N2O2. The van der Waals surface area contributed by atoms with Crippen LogP contribution in [0.5, 0.6) is 0 Å². The van der Waals surface area contributed by atoms with E-state index >= 15 is 0 Å². The van der Waals surface area contributed by atoms with E-state index in [4.69, 9.17) is 15.3 Å². The Labute approximate surface area is 93.5 Å². The van der Waals surface area contributed by atoms with Gasteiger partial charge in [0, 0.05) is 26.4 Å². The second kappa shape index (κ2) is 8.05. The van der Waals surface area contributed by atoms with Crippen LogP contribution in [0.3, 0.4) is 0 Å². The predicted octanol–water partition coefficient (Wildman–Crippen LogP) is 1.45. The zero-order valence-corrected chi connectivity index (χ0v) is 10.5. The number of hydrogen-bond donors (Lipinski definition) is 2. The summed E-state index contributed by atoms with van der Waals surface area (Å²) < 4.78 is 10.7. The minimum Gasteiger partial charge on any atom is -0.382 e. The van der Waals surface area contributed by atoms with Gasteiger partial charge >= 0.3 is 0 Å². The van der Waals surface area contributed by atoms with Crippen LogP contribution >= 0.6 is 0 Å². The molecule has 0 aromatic heterocycles. The first kappa shape index (κ1) is 14.8. The summed E-state index contributed by atoms with van der Waals surface area (Å²) in [5.41, 5.74) is 2.75. The molecule has 0 amide bonds. The van der Waals surface area contributed by atoms with E-state index in [1.54, 1.807) is 7.11 Å². The third kappa shape index (κ3) is 7.73. The molecule has 0 radical (unpaired) electrons. The molecule has 0 saturated heterocycles. The molecule has 1 atom stereocenters. The number of nitrogens with two attached hydrogens (primary N) is 1. The Bertz CT molecular complexity index is 152. The fourth-order valence-electron chi connectivity index (χ4n) is 1.30. The number of hydrogen-bond acceptors (Lipinski definition) is 4. The summed E-state index contributed by atoms with van der Waals surface area (Å²) in [7, 11) is 1.74. The first-order valence-corrected chi connectivity index (χ1v) is 5.64. The van der Waals surface area contributed by atoms with E-state index in [-0.39, 0.29) is 5.60 Å². The van der Waals surface area contributed by atoms with Gasteiger partial charge in [-0.2, -0.15) is 0 Å². The molecule has 4 heteroatoms. The van der Waals surface area contributed by atoms with E-state index < -0.39 is 0 Å². The third-order valence-electron chi connectivity index (χ3n) is 2.70. The van der Waals surface area contributed by atoms with Crippen LogP contribution in [-0.2, 0) is 9.47 Å². The smallest absolute Gasteiger partial charge is 0.0623 e. The highest BCUT2D eigenvalue weighted by Gasteiger charge is 2.18. The van der Waals surface area contributed by atoms with E-state index in [9.17, 15) is 0 Å². The summed E-state index contributed by atoms with van der Waals surface area (Å²) in [5, 5.41) is 0. The van der Waals surface area contributed by atoms with Gasteiger partial charge in [0.15, 0.2) is 0 Å². The van der Waals surface area contributed by atoms with Crippen molar-refractivity contribution in [2.24, 2.45) is 5.84 Å². The average Bonchev–Trinajstić information content (AvgIpc) is 2.23. The number of nitrogens with one attached hydrogen (secondary N) is 1. The molecule has 0 saturated carbocycles. The van der Waals surface area contributed by atoms with E-state index in [0.29, 0.717) is 6.04 Å². The molecule has 0 aliphatic rings. The van der Waals surface area contributed by atoms with Crippen molar-refractivity contribution in [1.29, 1.82) is 0 Å². The molecule has 1 unspecified atom stereocenters. The SMILES string of the molecule is CCOCCC(CCC(C)(C)OC)NN. The summed E-state index contributed by atoms with van der Waals surface area (Å²) in [6, 6.07) is 0.311. The van der Waals surface area contributed by atoms with Gasteiger partial charge in [-0.05, 0) is 40.0 Å². The first-order chi connectivity index (χ1) is 7.05. The molecule has 92 valence electrons. The number of ether oxygens (including phenoxy) is 2. The van der Waals surface area contributed by atoms with Crippen molar-refractivity contribution in [1.82, 2.24) is 5.43 Å². The van der Waals surface area contributed by atoms with Crippen molar-refractivity contribution in [2.75, 3.05) is 20.3 Å². The Morgan fingerprint density at radius 1 is 1.33 bits per heavy atom. The van der Waals surface area contributed by atoms with Crippen LogP contribution in [0.4, 0.5) is 0 Å². The maximum Gasteiger partial charge on any atom is 0.0623 e. The standard InChI is InChI=1S/C11H26N2O2/c1-5-15-9-7-10(13-12)6-8-11(2,3)14-4/h10,13H,5-9,12H2,1-4H3. The molecule has 0 aromatic carbocycles. The molecule has 4 nitrogen and oxygen atoms in total. The predicted molar refractivity (Wildman–Crippen MR) is 62.5 cm³/mol. The topological polar surface area (TPSA) is 56.5 Å². The van der Waals surface area contributed by atoms with Crippen LogP contribution in [-0.4, -0.2) is 32.0 Å². The van der Waals surface area contributed by atoms with Gasteiger partial charge in [-0.1, -0.05) is 0 Å². The van der Waals surface area contributed by atoms with E-state index in [0.717, 1.165) is 32.5 Å². The Morgan fingerprint density at radius 2 is 2.00 bits per heavy atom. The average molecular weight is 218 g/mol. The minimum atomic E-state index is -0.0687. The van der Waals surface area contributed by atoms with Crippen LogP contribution < -0.4 is 11.3 Å². The molecule has 0 aliphatic carbocycles. The van der Waals surface area contributed by atoms with Crippen molar-refractivity contribution < 1.29 is 9.47 Å². The van der Waals surface area contributed by atoms with E-state index in [2.05, 4.69) is 19.3 Å². The first-order valence-electron chi connectivity index (χ1n) is 5.64. The van der Waals surface area contributed by atoms with Crippen LogP contribution in [0.2, 0.25) is 0 Å². The molecule has 0 aliphatic heterocycles. The highest BCUT2D eigenvalue weighted by Crippen LogP contribution is 2.17. The Kier molecular flexibility index (Phi) is 7.96. The molecule has 0 aromatic rings. The summed E-state index contributed by atoms with van der Waals surface area (Å²) in [6.07, 6.45) is 2.94. The monoisotopic (exact) mass is 218 g/mol. The molecule has 0 bridgehead atoms. The zero-order valence-electron chi connectivity index (χ0n) is 10.5. The quantitative estimate of drug-likeness (QED) is 0.349. The van der Waals surface area contributed by atoms with Crippen LogP contribution in [0.1, 0.15) is 40.0 Å². The molecular weight excluding hydrogens is 192 g/mol. The third-order valence-corrected chi connectivity index (χ3v) is 2.70. The summed E-state index contributed by atoms with van der Waals surface area (Å²) in [4.78, 5) is 0. The second-order valence-electron chi connectivity index (χ2n) is 4.35.